The first-order valence-corrected chi connectivity index (χ1v) is 10.1. The van der Waals surface area contributed by atoms with Gasteiger partial charge in [-0.2, -0.15) is 18.3 Å². The SMILES string of the molecule is O=C(NCc1cc(-c2ccncc2)n(C2CCCC2)n1)Nc1cccc(C(F)(F)F)c1. The summed E-state index contributed by atoms with van der Waals surface area (Å²) in [5.74, 6) is 0. The van der Waals surface area contributed by atoms with Crippen molar-refractivity contribution in [2.45, 2.75) is 44.4 Å². The molecule has 2 heterocycles. The Morgan fingerprint density at radius 1 is 1.10 bits per heavy atom. The van der Waals surface area contributed by atoms with Gasteiger partial charge in [-0.3, -0.25) is 9.67 Å². The molecule has 1 aromatic carbocycles. The van der Waals surface area contributed by atoms with E-state index in [1.807, 2.05) is 22.9 Å². The summed E-state index contributed by atoms with van der Waals surface area (Å²) in [4.78, 5) is 16.3. The summed E-state index contributed by atoms with van der Waals surface area (Å²) in [6.45, 7) is 0.155. The summed E-state index contributed by atoms with van der Waals surface area (Å²) >= 11 is 0. The van der Waals surface area contributed by atoms with Gasteiger partial charge in [-0.15, -0.1) is 0 Å². The quantitative estimate of drug-likeness (QED) is 0.570. The van der Waals surface area contributed by atoms with Gasteiger partial charge in [-0.1, -0.05) is 18.9 Å². The predicted molar refractivity (Wildman–Crippen MR) is 110 cm³/mol. The van der Waals surface area contributed by atoms with Gasteiger partial charge in [0.1, 0.15) is 0 Å². The minimum atomic E-state index is -4.47. The van der Waals surface area contributed by atoms with Gasteiger partial charge < -0.3 is 10.6 Å². The Morgan fingerprint density at radius 3 is 2.55 bits per heavy atom. The lowest BCUT2D eigenvalue weighted by Gasteiger charge is -2.14. The third kappa shape index (κ3) is 5.04. The Labute approximate surface area is 177 Å². The lowest BCUT2D eigenvalue weighted by atomic mass is 10.1. The highest BCUT2D eigenvalue weighted by molar-refractivity contribution is 5.89. The number of pyridine rings is 1. The van der Waals surface area contributed by atoms with Crippen LogP contribution in [-0.2, 0) is 12.7 Å². The number of alkyl halides is 3. The second-order valence-electron chi connectivity index (χ2n) is 7.53. The third-order valence-electron chi connectivity index (χ3n) is 5.31. The van der Waals surface area contributed by atoms with Crippen LogP contribution in [-0.4, -0.2) is 20.8 Å². The van der Waals surface area contributed by atoms with Crippen molar-refractivity contribution in [2.75, 3.05) is 5.32 Å². The molecule has 9 heteroatoms. The van der Waals surface area contributed by atoms with E-state index in [1.54, 1.807) is 12.4 Å². The zero-order valence-corrected chi connectivity index (χ0v) is 16.7. The number of anilines is 1. The van der Waals surface area contributed by atoms with E-state index in [-0.39, 0.29) is 12.2 Å². The molecule has 2 aromatic heterocycles. The maximum Gasteiger partial charge on any atom is 0.416 e. The van der Waals surface area contributed by atoms with Gasteiger partial charge in [0.15, 0.2) is 0 Å². The highest BCUT2D eigenvalue weighted by Crippen LogP contribution is 2.33. The van der Waals surface area contributed by atoms with E-state index in [0.29, 0.717) is 11.7 Å². The van der Waals surface area contributed by atoms with Crippen LogP contribution < -0.4 is 10.6 Å². The molecule has 1 aliphatic carbocycles. The van der Waals surface area contributed by atoms with E-state index in [4.69, 9.17) is 5.10 Å². The minimum absolute atomic E-state index is 0.0706. The molecule has 0 atom stereocenters. The van der Waals surface area contributed by atoms with Crippen LogP contribution in [0.2, 0.25) is 0 Å². The predicted octanol–water partition coefficient (Wildman–Crippen LogP) is 5.40. The number of amides is 2. The summed E-state index contributed by atoms with van der Waals surface area (Å²) in [6, 6.07) is 10.00. The van der Waals surface area contributed by atoms with Gasteiger partial charge in [-0.25, -0.2) is 4.79 Å². The molecule has 0 unspecified atom stereocenters. The number of benzene rings is 1. The monoisotopic (exact) mass is 429 g/mol. The first-order chi connectivity index (χ1) is 14.9. The van der Waals surface area contributed by atoms with Crippen LogP contribution in [0.1, 0.15) is 43.0 Å². The Kier molecular flexibility index (Phi) is 5.92. The number of nitrogens with zero attached hydrogens (tertiary/aromatic N) is 3. The number of urea groups is 1. The number of aromatic nitrogens is 3. The summed E-state index contributed by atoms with van der Waals surface area (Å²) in [6.07, 6.45) is 3.42. The fourth-order valence-corrected chi connectivity index (χ4v) is 3.82. The normalized spacial score (nSPS) is 14.5. The number of hydrogen-bond acceptors (Lipinski definition) is 3. The Morgan fingerprint density at radius 2 is 1.84 bits per heavy atom. The molecule has 1 saturated carbocycles. The Bertz CT molecular complexity index is 1040. The number of hydrogen-bond donors (Lipinski definition) is 2. The molecule has 2 amide bonds. The molecular weight excluding hydrogens is 407 g/mol. The van der Waals surface area contributed by atoms with Gasteiger partial charge in [0.05, 0.1) is 29.5 Å². The molecule has 1 fully saturated rings. The van der Waals surface area contributed by atoms with Crippen molar-refractivity contribution >= 4 is 11.7 Å². The molecule has 4 rings (SSSR count). The Hall–Kier alpha value is -3.36. The third-order valence-corrected chi connectivity index (χ3v) is 5.31. The summed E-state index contributed by atoms with van der Waals surface area (Å²) in [5.41, 5.74) is 1.89. The molecular formula is C22H22F3N5O. The van der Waals surface area contributed by atoms with Crippen LogP contribution in [0.3, 0.4) is 0 Å². The topological polar surface area (TPSA) is 71.8 Å². The number of carbonyl (C=O) groups excluding carboxylic acids is 1. The van der Waals surface area contributed by atoms with Gasteiger partial charge in [-0.05, 0) is 49.2 Å². The molecule has 2 N–H and O–H groups in total. The average Bonchev–Trinajstić information content (AvgIpc) is 3.42. The van der Waals surface area contributed by atoms with Crippen molar-refractivity contribution in [1.82, 2.24) is 20.1 Å². The largest absolute Gasteiger partial charge is 0.416 e. The number of nitrogens with one attached hydrogen (secondary N) is 2. The van der Waals surface area contributed by atoms with E-state index < -0.39 is 17.8 Å². The molecule has 0 radical (unpaired) electrons. The second kappa shape index (κ2) is 8.79. The molecule has 0 bridgehead atoms. The van der Waals surface area contributed by atoms with Crippen LogP contribution in [0, 0.1) is 0 Å². The molecule has 3 aromatic rings. The Balaban J connectivity index is 1.45. The van der Waals surface area contributed by atoms with Crippen molar-refractivity contribution < 1.29 is 18.0 Å². The van der Waals surface area contributed by atoms with Crippen molar-refractivity contribution in [3.8, 4) is 11.3 Å². The number of carbonyl (C=O) groups is 1. The van der Waals surface area contributed by atoms with E-state index in [0.717, 1.165) is 49.1 Å². The van der Waals surface area contributed by atoms with E-state index in [2.05, 4.69) is 15.6 Å². The number of rotatable bonds is 5. The van der Waals surface area contributed by atoms with Crippen LogP contribution in [0.5, 0.6) is 0 Å². The smallest absolute Gasteiger partial charge is 0.332 e. The average molecular weight is 429 g/mol. The van der Waals surface area contributed by atoms with Gasteiger partial charge >= 0.3 is 12.2 Å². The highest BCUT2D eigenvalue weighted by Gasteiger charge is 2.30. The van der Waals surface area contributed by atoms with E-state index in [9.17, 15) is 18.0 Å². The summed E-state index contributed by atoms with van der Waals surface area (Å²) < 4.78 is 40.5. The van der Waals surface area contributed by atoms with Crippen LogP contribution >= 0.6 is 0 Å². The zero-order chi connectivity index (χ0) is 21.8. The van der Waals surface area contributed by atoms with Crippen LogP contribution in [0.25, 0.3) is 11.3 Å². The summed E-state index contributed by atoms with van der Waals surface area (Å²) in [5, 5.41) is 9.81. The lowest BCUT2D eigenvalue weighted by molar-refractivity contribution is -0.137. The lowest BCUT2D eigenvalue weighted by Crippen LogP contribution is -2.28. The second-order valence-corrected chi connectivity index (χ2v) is 7.53. The maximum atomic E-state index is 12.8. The van der Waals surface area contributed by atoms with E-state index in [1.165, 1.54) is 12.1 Å². The van der Waals surface area contributed by atoms with Crippen LogP contribution in [0.4, 0.5) is 23.7 Å². The molecule has 31 heavy (non-hydrogen) atoms. The van der Waals surface area contributed by atoms with E-state index >= 15 is 0 Å². The molecule has 1 aliphatic rings. The van der Waals surface area contributed by atoms with Crippen molar-refractivity contribution in [3.63, 3.8) is 0 Å². The molecule has 0 spiro atoms. The summed E-state index contributed by atoms with van der Waals surface area (Å²) in [7, 11) is 0. The molecule has 162 valence electrons. The van der Waals surface area contributed by atoms with Gasteiger partial charge in [0.2, 0.25) is 0 Å². The van der Waals surface area contributed by atoms with Crippen LogP contribution in [0.15, 0.2) is 54.9 Å². The standard InChI is InChI=1S/C22H22F3N5O/c23-22(24,25)16-4-3-5-17(12-16)28-21(31)27-14-18-13-20(15-8-10-26-11-9-15)30(29-18)19-6-1-2-7-19/h3-5,8-13,19H,1-2,6-7,14H2,(H2,27,28,31). The van der Waals surface area contributed by atoms with Crippen molar-refractivity contribution in [3.05, 3.63) is 66.1 Å². The van der Waals surface area contributed by atoms with Crippen molar-refractivity contribution in [2.24, 2.45) is 0 Å². The van der Waals surface area contributed by atoms with Gasteiger partial charge in [0.25, 0.3) is 0 Å². The van der Waals surface area contributed by atoms with Crippen molar-refractivity contribution in [1.29, 1.82) is 0 Å². The van der Waals surface area contributed by atoms with Gasteiger partial charge in [0, 0.05) is 23.6 Å². The maximum absolute atomic E-state index is 12.8. The fourth-order valence-electron chi connectivity index (χ4n) is 3.82. The molecule has 0 saturated heterocycles. The molecule has 6 nitrogen and oxygen atoms in total. The fraction of sp³-hybridized carbons (Fsp3) is 0.318. The first kappa shape index (κ1) is 20.9. The number of halogens is 3. The zero-order valence-electron chi connectivity index (χ0n) is 16.7. The first-order valence-electron chi connectivity index (χ1n) is 10.1. The molecule has 0 aliphatic heterocycles. The minimum Gasteiger partial charge on any atom is -0.332 e. The highest BCUT2D eigenvalue weighted by atomic mass is 19.4.